The zero-order chi connectivity index (χ0) is 15.6. The molecule has 0 amide bonds. The van der Waals surface area contributed by atoms with Crippen LogP contribution in [0.1, 0.15) is 43.1 Å². The van der Waals surface area contributed by atoms with Gasteiger partial charge in [0.2, 0.25) is 0 Å². The first-order valence-corrected chi connectivity index (χ1v) is 7.65. The number of nitrogen functional groups attached to an aromatic ring is 1. The van der Waals surface area contributed by atoms with Crippen molar-refractivity contribution in [3.63, 3.8) is 0 Å². The summed E-state index contributed by atoms with van der Waals surface area (Å²) in [5, 5.41) is 3.00. The zero-order valence-corrected chi connectivity index (χ0v) is 13.3. The summed E-state index contributed by atoms with van der Waals surface area (Å²) in [7, 11) is 0. The number of nitrogens with one attached hydrogen (secondary N) is 1. The van der Waals surface area contributed by atoms with E-state index < -0.39 is 0 Å². The van der Waals surface area contributed by atoms with E-state index in [1.54, 1.807) is 17.4 Å². The molecular weight excluding hydrogens is 287 g/mol. The van der Waals surface area contributed by atoms with Crippen LogP contribution in [0, 0.1) is 5.82 Å². The van der Waals surface area contributed by atoms with Gasteiger partial charge in [0.25, 0.3) is 0 Å². The number of rotatable bonds is 4. The molecule has 1 aromatic heterocycles. The molecule has 0 aliphatic heterocycles. The van der Waals surface area contributed by atoms with Gasteiger partial charge in [-0.15, -0.1) is 11.3 Å². The van der Waals surface area contributed by atoms with Crippen LogP contribution in [0.3, 0.4) is 0 Å². The number of hydrogen-bond donors (Lipinski definition) is 3. The lowest BCUT2D eigenvalue weighted by Crippen LogP contribution is -2.30. The second-order valence-corrected chi connectivity index (χ2v) is 7.02. The van der Waals surface area contributed by atoms with Crippen molar-refractivity contribution in [3.8, 4) is 0 Å². The van der Waals surface area contributed by atoms with Gasteiger partial charge in [0.05, 0.1) is 16.7 Å². The molecule has 0 spiro atoms. The number of aromatic nitrogens is 1. The largest absolute Gasteiger partial charge is 0.398 e. The van der Waals surface area contributed by atoms with Crippen molar-refractivity contribution in [3.05, 3.63) is 45.7 Å². The lowest BCUT2D eigenvalue weighted by Gasteiger charge is -2.17. The quantitative estimate of drug-likeness (QED) is 0.461. The molecule has 1 atom stereocenters. The van der Waals surface area contributed by atoms with Gasteiger partial charge in [0.1, 0.15) is 5.82 Å². The summed E-state index contributed by atoms with van der Waals surface area (Å²) in [6.45, 7) is 6.36. The molecule has 0 aliphatic carbocycles. The third-order valence-electron chi connectivity index (χ3n) is 3.32. The molecule has 0 fully saturated rings. The molecule has 6 heteroatoms. The number of nitrogens with two attached hydrogens (primary N) is 2. The van der Waals surface area contributed by atoms with E-state index in [-0.39, 0.29) is 17.3 Å². The summed E-state index contributed by atoms with van der Waals surface area (Å²) >= 11 is 1.58. The number of anilines is 1. The number of nitrogens with zero attached hydrogens (tertiary/aromatic N) is 1. The maximum Gasteiger partial charge on any atom is 0.123 e. The Morgan fingerprint density at radius 3 is 2.67 bits per heavy atom. The lowest BCUT2D eigenvalue weighted by molar-refractivity contribution is 0.537. The predicted octanol–water partition coefficient (Wildman–Crippen LogP) is 2.91. The van der Waals surface area contributed by atoms with E-state index in [4.69, 9.17) is 11.6 Å². The third-order valence-corrected chi connectivity index (χ3v) is 4.20. The first kappa shape index (κ1) is 15.9. The number of hydrogen-bond acceptors (Lipinski definition) is 5. The van der Waals surface area contributed by atoms with E-state index in [0.717, 1.165) is 10.7 Å². The van der Waals surface area contributed by atoms with Crippen molar-refractivity contribution in [2.24, 2.45) is 5.84 Å². The minimum absolute atomic E-state index is 0.0122. The molecule has 2 rings (SSSR count). The Balaban J connectivity index is 2.23. The number of thiazole rings is 1. The van der Waals surface area contributed by atoms with Gasteiger partial charge in [-0.2, -0.15) is 0 Å². The molecule has 0 bridgehead atoms. The van der Waals surface area contributed by atoms with E-state index in [1.807, 2.05) is 0 Å². The average molecular weight is 308 g/mol. The minimum atomic E-state index is -0.325. The van der Waals surface area contributed by atoms with Crippen molar-refractivity contribution in [2.45, 2.75) is 38.6 Å². The van der Waals surface area contributed by atoms with Crippen molar-refractivity contribution < 1.29 is 4.39 Å². The highest BCUT2D eigenvalue weighted by atomic mass is 32.1. The number of benzene rings is 1. The minimum Gasteiger partial charge on any atom is -0.398 e. The monoisotopic (exact) mass is 308 g/mol. The van der Waals surface area contributed by atoms with Crippen molar-refractivity contribution >= 4 is 17.0 Å². The van der Waals surface area contributed by atoms with Crippen molar-refractivity contribution in [2.75, 3.05) is 5.73 Å². The Kier molecular flexibility index (Phi) is 4.61. The Labute approximate surface area is 128 Å². The molecule has 0 aliphatic rings. The SMILES string of the molecule is CC(C)(C)c1csc(CC(NN)c2cc(F)ccc2N)n1. The van der Waals surface area contributed by atoms with Crippen molar-refractivity contribution in [1.82, 2.24) is 10.4 Å². The predicted molar refractivity (Wildman–Crippen MR) is 85.4 cm³/mol. The molecule has 5 N–H and O–H groups in total. The van der Waals surface area contributed by atoms with Gasteiger partial charge in [-0.05, 0) is 23.8 Å². The highest BCUT2D eigenvalue weighted by Gasteiger charge is 2.20. The lowest BCUT2D eigenvalue weighted by atomic mass is 9.93. The molecule has 4 nitrogen and oxygen atoms in total. The summed E-state index contributed by atoms with van der Waals surface area (Å²) in [5.41, 5.74) is 10.9. The highest BCUT2D eigenvalue weighted by Crippen LogP contribution is 2.28. The summed E-state index contributed by atoms with van der Waals surface area (Å²) in [6.07, 6.45) is 0.574. The fraction of sp³-hybridized carbons (Fsp3) is 0.400. The Morgan fingerprint density at radius 1 is 1.38 bits per heavy atom. The molecule has 114 valence electrons. The maximum atomic E-state index is 13.4. The molecule has 0 saturated heterocycles. The van der Waals surface area contributed by atoms with Gasteiger partial charge in [0, 0.05) is 22.9 Å². The smallest absolute Gasteiger partial charge is 0.123 e. The summed E-state index contributed by atoms with van der Waals surface area (Å²) in [5.74, 6) is 5.29. The van der Waals surface area contributed by atoms with Crippen LogP contribution in [0.2, 0.25) is 0 Å². The van der Waals surface area contributed by atoms with Crippen LogP contribution in [0.15, 0.2) is 23.6 Å². The second-order valence-electron chi connectivity index (χ2n) is 6.07. The van der Waals surface area contributed by atoms with E-state index in [9.17, 15) is 4.39 Å². The maximum absolute atomic E-state index is 13.4. The summed E-state index contributed by atoms with van der Waals surface area (Å²) in [6, 6.07) is 4.04. The van der Waals surface area contributed by atoms with Crippen LogP contribution in [-0.2, 0) is 11.8 Å². The van der Waals surface area contributed by atoms with Gasteiger partial charge in [-0.1, -0.05) is 20.8 Å². The number of hydrazine groups is 1. The first-order chi connectivity index (χ1) is 9.81. The zero-order valence-electron chi connectivity index (χ0n) is 12.5. The second kappa shape index (κ2) is 6.09. The van der Waals surface area contributed by atoms with Crippen LogP contribution < -0.4 is 17.0 Å². The molecule has 1 unspecified atom stereocenters. The fourth-order valence-corrected chi connectivity index (χ4v) is 3.10. The van der Waals surface area contributed by atoms with Gasteiger partial charge in [0.15, 0.2) is 0 Å². The highest BCUT2D eigenvalue weighted by molar-refractivity contribution is 7.09. The fourth-order valence-electron chi connectivity index (χ4n) is 2.03. The Morgan fingerprint density at radius 2 is 2.10 bits per heavy atom. The molecule has 0 saturated carbocycles. The van der Waals surface area contributed by atoms with E-state index >= 15 is 0 Å². The molecule has 2 aromatic rings. The van der Waals surface area contributed by atoms with E-state index in [0.29, 0.717) is 17.7 Å². The van der Waals surface area contributed by atoms with Crippen LogP contribution >= 0.6 is 11.3 Å². The first-order valence-electron chi connectivity index (χ1n) is 6.77. The molecule has 1 heterocycles. The van der Waals surface area contributed by atoms with Gasteiger partial charge >= 0.3 is 0 Å². The average Bonchev–Trinajstić information content (AvgIpc) is 2.87. The van der Waals surface area contributed by atoms with Gasteiger partial charge in [-0.25, -0.2) is 9.37 Å². The van der Waals surface area contributed by atoms with Crippen LogP contribution in [0.4, 0.5) is 10.1 Å². The topological polar surface area (TPSA) is 77.0 Å². The van der Waals surface area contributed by atoms with Gasteiger partial charge < -0.3 is 5.73 Å². The molecular formula is C15H21FN4S. The van der Waals surface area contributed by atoms with Crippen molar-refractivity contribution in [1.29, 1.82) is 0 Å². The van der Waals surface area contributed by atoms with Crippen LogP contribution in [0.5, 0.6) is 0 Å². The normalized spacial score (nSPS) is 13.4. The van der Waals surface area contributed by atoms with Crippen LogP contribution in [0.25, 0.3) is 0 Å². The Hall–Kier alpha value is -1.50. The third kappa shape index (κ3) is 3.78. The number of halogens is 1. The molecule has 1 aromatic carbocycles. The molecule has 0 radical (unpaired) electrons. The summed E-state index contributed by atoms with van der Waals surface area (Å²) in [4.78, 5) is 4.64. The van der Waals surface area contributed by atoms with E-state index in [2.05, 4.69) is 36.6 Å². The summed E-state index contributed by atoms with van der Waals surface area (Å²) < 4.78 is 13.4. The van der Waals surface area contributed by atoms with Crippen LogP contribution in [-0.4, -0.2) is 4.98 Å². The standard InChI is InChI=1S/C15H21FN4S/c1-15(2,3)13-8-21-14(19-13)7-12(20-18)10-6-9(16)4-5-11(10)17/h4-6,8,12,20H,7,17-18H2,1-3H3. The van der Waals surface area contributed by atoms with E-state index in [1.165, 1.54) is 12.1 Å². The van der Waals surface area contributed by atoms with Gasteiger partial charge in [-0.3, -0.25) is 11.3 Å². The molecule has 21 heavy (non-hydrogen) atoms. The Bertz CT molecular complexity index is 618.